The standard InChI is InChI=1S/C72H88Cl4N6O8/c1-5-9-13-17-21-25-29-33-37-83-53-41-49-50(42-54(53)84-38-34-30-26-22-18-14-10-6-2)80-62-58(74)70-69(57(73)61(62)79-49)87-65-47(45-77)67-68(48(46-78)66(65)88-70)90-72-60(76)64-63(59(75)71(72)89-67)81-51-43-55(85-39-35-31-27-23-19-15-11-7-3)56(44-52(51)82-64)86-40-36-32-28-24-20-16-12-8-4/h41-44H,5-40H2,1-4H3. The summed E-state index contributed by atoms with van der Waals surface area (Å²) in [6.07, 6.45) is 37.6. The fourth-order valence-electron chi connectivity index (χ4n) is 11.7. The van der Waals surface area contributed by atoms with E-state index in [1.807, 2.05) is 24.3 Å². The molecule has 0 saturated carbocycles. The molecule has 0 atom stereocenters. The molecule has 4 aromatic heterocycles. The zero-order valence-electron chi connectivity index (χ0n) is 53.2. The highest BCUT2D eigenvalue weighted by Gasteiger charge is 2.30. The van der Waals surface area contributed by atoms with Gasteiger partial charge < -0.3 is 36.6 Å². The summed E-state index contributed by atoms with van der Waals surface area (Å²) in [7, 11) is 0. The maximum absolute atomic E-state index is 11.0. The number of hydrogen-bond donors (Lipinski definition) is 0. The number of unbranched alkanes of at least 4 members (excludes halogenated alkanes) is 28. The fourth-order valence-corrected chi connectivity index (χ4v) is 12.7. The van der Waals surface area contributed by atoms with Crippen molar-refractivity contribution in [1.29, 1.82) is 10.5 Å². The van der Waals surface area contributed by atoms with E-state index in [0.29, 0.717) is 71.5 Å². The van der Waals surface area contributed by atoms with E-state index in [2.05, 4.69) is 39.8 Å². The van der Waals surface area contributed by atoms with Gasteiger partial charge in [0, 0.05) is 24.3 Å². The lowest BCUT2D eigenvalue weighted by atomic mass is 10.1. The van der Waals surface area contributed by atoms with Crippen molar-refractivity contribution >= 4 is 135 Å². The van der Waals surface area contributed by atoms with Crippen LogP contribution in [0.1, 0.15) is 244 Å². The number of rotatable bonds is 40. The molecule has 0 N–H and O–H groups in total. The molecule has 0 spiro atoms. The lowest BCUT2D eigenvalue weighted by Crippen LogP contribution is -2.04. The Balaban J connectivity index is 1.06. The summed E-state index contributed by atoms with van der Waals surface area (Å²) >= 11 is 29.0. The summed E-state index contributed by atoms with van der Waals surface area (Å²) in [5.41, 5.74) is 1.44. The van der Waals surface area contributed by atoms with E-state index < -0.39 is 0 Å². The van der Waals surface area contributed by atoms with Gasteiger partial charge in [0.25, 0.3) is 0 Å². The molecular weight excluding hydrogens is 1220 g/mol. The first kappa shape index (κ1) is 68.2. The fraction of sp³-hybridized carbons (Fsp3) is 0.556. The molecule has 0 radical (unpaired) electrons. The van der Waals surface area contributed by atoms with Gasteiger partial charge in [-0.2, -0.15) is 10.5 Å². The third-order valence-corrected chi connectivity index (χ3v) is 18.3. The van der Waals surface area contributed by atoms with E-state index in [-0.39, 0.29) is 97.9 Å². The van der Waals surface area contributed by atoms with Crippen LogP contribution in [0.25, 0.3) is 88.8 Å². The largest absolute Gasteiger partial charge is 0.490 e. The zero-order chi connectivity index (χ0) is 63.2. The van der Waals surface area contributed by atoms with Crippen LogP contribution < -0.4 is 18.9 Å². The molecule has 0 bridgehead atoms. The maximum atomic E-state index is 11.0. The minimum absolute atomic E-state index is 0.000454. The minimum atomic E-state index is -0.195. The van der Waals surface area contributed by atoms with Crippen LogP contribution in [-0.2, 0) is 0 Å². The first-order valence-electron chi connectivity index (χ1n) is 33.7. The molecular formula is C72H88Cl4N6O8. The molecule has 482 valence electrons. The Kier molecular flexibility index (Phi) is 26.6. The summed E-state index contributed by atoms with van der Waals surface area (Å²) in [6.45, 7) is 11.0. The second kappa shape index (κ2) is 35.0. The van der Waals surface area contributed by atoms with Gasteiger partial charge in [0.05, 0.1) is 48.5 Å². The van der Waals surface area contributed by atoms with Gasteiger partial charge in [0.2, 0.25) is 0 Å². The van der Waals surface area contributed by atoms with Gasteiger partial charge in [-0.1, -0.05) is 254 Å². The summed E-state index contributed by atoms with van der Waals surface area (Å²) in [4.78, 5) is 20.0. The number of aromatic nitrogens is 4. The Morgan fingerprint density at radius 3 is 0.678 bits per heavy atom. The number of nitriles is 2. The molecule has 0 amide bonds. The molecule has 0 fully saturated rings. The van der Waals surface area contributed by atoms with Crippen LogP contribution in [0.3, 0.4) is 0 Å². The molecule has 0 unspecified atom stereocenters. The highest BCUT2D eigenvalue weighted by atomic mass is 35.5. The molecule has 9 rings (SSSR count). The van der Waals surface area contributed by atoms with Crippen molar-refractivity contribution < 1.29 is 36.6 Å². The number of fused-ring (bicyclic) bond motifs is 8. The Hall–Kier alpha value is -6.16. The lowest BCUT2D eigenvalue weighted by Gasteiger charge is -2.15. The first-order valence-corrected chi connectivity index (χ1v) is 35.2. The average Bonchev–Trinajstić information content (AvgIpc) is 0.724. The van der Waals surface area contributed by atoms with E-state index in [9.17, 15) is 10.5 Å². The summed E-state index contributed by atoms with van der Waals surface area (Å²) in [5.74, 6) is 2.24. The van der Waals surface area contributed by atoms with Crippen LogP contribution >= 0.6 is 46.4 Å². The normalized spacial score (nSPS) is 11.8. The Morgan fingerprint density at radius 1 is 0.300 bits per heavy atom. The van der Waals surface area contributed by atoms with Gasteiger partial charge in [-0.15, -0.1) is 0 Å². The van der Waals surface area contributed by atoms with E-state index >= 15 is 0 Å². The summed E-state index contributed by atoms with van der Waals surface area (Å²) in [5, 5.41) is 21.9. The van der Waals surface area contributed by atoms with Crippen molar-refractivity contribution in [2.45, 2.75) is 233 Å². The summed E-state index contributed by atoms with van der Waals surface area (Å²) in [6, 6.07) is 11.6. The van der Waals surface area contributed by atoms with E-state index in [4.69, 9.17) is 103 Å². The molecule has 14 nitrogen and oxygen atoms in total. The third kappa shape index (κ3) is 16.9. The van der Waals surface area contributed by atoms with Gasteiger partial charge in [-0.3, -0.25) is 0 Å². The van der Waals surface area contributed by atoms with Crippen molar-refractivity contribution in [2.24, 2.45) is 0 Å². The monoisotopic (exact) mass is 1300 g/mol. The van der Waals surface area contributed by atoms with Gasteiger partial charge in [0.15, 0.2) is 67.7 Å². The van der Waals surface area contributed by atoms with Crippen molar-refractivity contribution in [3.05, 3.63) is 55.5 Å². The molecule has 9 aromatic rings. The predicted molar refractivity (Wildman–Crippen MR) is 366 cm³/mol. The Bertz CT molecular complexity index is 3510. The molecule has 18 heteroatoms. The highest BCUT2D eigenvalue weighted by Crippen LogP contribution is 2.47. The second-order valence-electron chi connectivity index (χ2n) is 24.0. The SMILES string of the molecule is CCCCCCCCCCOc1cc2nc3c(Cl)c4oc5c(C#N)c6oc7c(Cl)c8nc9cc(OCCCCCCCCCC)c(OCCCCCCCCCC)cc9nc8c(Cl)c7oc6c(C#N)c5oc4c(Cl)c3nc2cc1OCCCCCCCCCC. The molecule has 5 aromatic carbocycles. The van der Waals surface area contributed by atoms with Crippen LogP contribution in [0, 0.1) is 22.7 Å². The second-order valence-corrected chi connectivity index (χ2v) is 25.5. The van der Waals surface area contributed by atoms with E-state index in [0.717, 1.165) is 77.0 Å². The molecule has 4 heterocycles. The Labute approximate surface area is 549 Å². The van der Waals surface area contributed by atoms with Crippen molar-refractivity contribution in [3.63, 3.8) is 0 Å². The topological polar surface area (TPSA) is 189 Å². The summed E-state index contributed by atoms with van der Waals surface area (Å²) < 4.78 is 51.9. The smallest absolute Gasteiger partial charge is 0.193 e. The third-order valence-electron chi connectivity index (χ3n) is 16.9. The molecule has 0 aliphatic rings. The predicted octanol–water partition coefficient (Wildman–Crippen LogP) is 24.4. The van der Waals surface area contributed by atoms with Crippen LogP contribution in [0.15, 0.2) is 41.9 Å². The van der Waals surface area contributed by atoms with Gasteiger partial charge in [0.1, 0.15) is 65.4 Å². The molecule has 0 saturated heterocycles. The van der Waals surface area contributed by atoms with Gasteiger partial charge in [-0.25, -0.2) is 19.9 Å². The van der Waals surface area contributed by atoms with Crippen LogP contribution in [0.2, 0.25) is 20.1 Å². The van der Waals surface area contributed by atoms with Crippen molar-refractivity contribution in [2.75, 3.05) is 26.4 Å². The Morgan fingerprint density at radius 2 is 0.489 bits per heavy atom. The van der Waals surface area contributed by atoms with Crippen LogP contribution in [0.5, 0.6) is 23.0 Å². The zero-order valence-corrected chi connectivity index (χ0v) is 56.3. The highest BCUT2D eigenvalue weighted by molar-refractivity contribution is 6.46. The van der Waals surface area contributed by atoms with E-state index in [1.54, 1.807) is 0 Å². The van der Waals surface area contributed by atoms with Crippen molar-refractivity contribution in [3.8, 4) is 35.1 Å². The van der Waals surface area contributed by atoms with Gasteiger partial charge >= 0.3 is 0 Å². The quantitative estimate of drug-likeness (QED) is 0.0260. The van der Waals surface area contributed by atoms with Crippen molar-refractivity contribution in [1.82, 2.24) is 19.9 Å². The maximum Gasteiger partial charge on any atom is 0.193 e. The molecule has 90 heavy (non-hydrogen) atoms. The number of nitrogens with zero attached hydrogens (tertiary/aromatic N) is 6. The molecule has 0 aliphatic heterocycles. The van der Waals surface area contributed by atoms with E-state index in [1.165, 1.54) is 128 Å². The van der Waals surface area contributed by atoms with Crippen LogP contribution in [-0.4, -0.2) is 46.4 Å². The number of benzene rings is 5. The van der Waals surface area contributed by atoms with Crippen LogP contribution in [0.4, 0.5) is 0 Å². The molecule has 0 aliphatic carbocycles. The number of hydrogen-bond acceptors (Lipinski definition) is 14. The lowest BCUT2D eigenvalue weighted by molar-refractivity contribution is 0.259. The average molecular weight is 1310 g/mol. The number of halogens is 4. The van der Waals surface area contributed by atoms with Gasteiger partial charge in [-0.05, 0) is 25.7 Å². The minimum Gasteiger partial charge on any atom is -0.490 e. The number of ether oxygens (including phenoxy) is 4. The first-order chi connectivity index (χ1) is 44.1.